The van der Waals surface area contributed by atoms with Gasteiger partial charge in [-0.15, -0.1) is 0 Å². The van der Waals surface area contributed by atoms with Gasteiger partial charge < -0.3 is 20.1 Å². The summed E-state index contributed by atoms with van der Waals surface area (Å²) >= 11 is 0. The molecule has 1 aromatic heterocycles. The predicted molar refractivity (Wildman–Crippen MR) is 128 cm³/mol. The monoisotopic (exact) mass is 440 g/mol. The van der Waals surface area contributed by atoms with E-state index < -0.39 is 0 Å². The van der Waals surface area contributed by atoms with E-state index in [2.05, 4.69) is 20.6 Å². The van der Waals surface area contributed by atoms with Crippen molar-refractivity contribution < 1.29 is 14.3 Å². The highest BCUT2D eigenvalue weighted by atomic mass is 16.5. The average Bonchev–Trinajstić information content (AvgIpc) is 2.88. The molecule has 2 N–H and O–H groups in total. The standard InChI is InChI=1S/C26H24N4O3/c1-32-22-12-11-20(23(16-22)33-2)17-28-26(31)19-9-6-10-21(15-19)29-24-13-14-27-25(30-24)18-7-4-3-5-8-18/h3-16H,17H2,1-2H3,(H,28,31)(H,27,29,30). The second-order valence-electron chi connectivity index (χ2n) is 7.20. The average molecular weight is 441 g/mol. The number of rotatable bonds is 8. The van der Waals surface area contributed by atoms with Crippen molar-refractivity contribution in [1.29, 1.82) is 0 Å². The Hall–Kier alpha value is -4.39. The molecule has 0 unspecified atom stereocenters. The molecule has 0 fully saturated rings. The fourth-order valence-corrected chi connectivity index (χ4v) is 3.32. The number of nitrogens with one attached hydrogen (secondary N) is 2. The van der Waals surface area contributed by atoms with E-state index in [1.807, 2.05) is 54.6 Å². The van der Waals surface area contributed by atoms with Crippen molar-refractivity contribution in [2.24, 2.45) is 0 Å². The SMILES string of the molecule is COc1ccc(CNC(=O)c2cccc(Nc3ccnc(-c4ccccc4)n3)c2)c(OC)c1. The Kier molecular flexibility index (Phi) is 6.80. The molecular formula is C26H24N4O3. The summed E-state index contributed by atoms with van der Waals surface area (Å²) in [7, 11) is 3.19. The lowest BCUT2D eigenvalue weighted by molar-refractivity contribution is 0.0950. The Morgan fingerprint density at radius 1 is 0.909 bits per heavy atom. The van der Waals surface area contributed by atoms with Crippen LogP contribution >= 0.6 is 0 Å². The minimum atomic E-state index is -0.191. The van der Waals surface area contributed by atoms with Crippen molar-refractivity contribution in [3.05, 3.63) is 96.2 Å². The van der Waals surface area contributed by atoms with Crippen LogP contribution in [0.15, 0.2) is 85.1 Å². The highest BCUT2D eigenvalue weighted by Gasteiger charge is 2.10. The van der Waals surface area contributed by atoms with Gasteiger partial charge in [0.2, 0.25) is 0 Å². The van der Waals surface area contributed by atoms with Crippen LogP contribution in [0.25, 0.3) is 11.4 Å². The Balaban J connectivity index is 1.44. The third-order valence-electron chi connectivity index (χ3n) is 5.02. The molecule has 0 bridgehead atoms. The summed E-state index contributed by atoms with van der Waals surface area (Å²) < 4.78 is 10.6. The van der Waals surface area contributed by atoms with Gasteiger partial charge in [-0.3, -0.25) is 4.79 Å². The fraction of sp³-hybridized carbons (Fsp3) is 0.115. The molecule has 0 radical (unpaired) electrons. The van der Waals surface area contributed by atoms with Crippen LogP contribution in [0.1, 0.15) is 15.9 Å². The molecule has 1 heterocycles. The Labute approximate surface area is 192 Å². The molecule has 33 heavy (non-hydrogen) atoms. The minimum Gasteiger partial charge on any atom is -0.497 e. The molecule has 0 aliphatic carbocycles. The second kappa shape index (κ2) is 10.3. The van der Waals surface area contributed by atoms with Crippen molar-refractivity contribution in [3.8, 4) is 22.9 Å². The summed E-state index contributed by atoms with van der Waals surface area (Å²) in [5, 5.41) is 6.19. The van der Waals surface area contributed by atoms with E-state index in [4.69, 9.17) is 9.47 Å². The van der Waals surface area contributed by atoms with Gasteiger partial charge in [-0.25, -0.2) is 9.97 Å². The number of benzene rings is 3. The van der Waals surface area contributed by atoms with E-state index >= 15 is 0 Å². The van der Waals surface area contributed by atoms with Gasteiger partial charge in [0.15, 0.2) is 5.82 Å². The van der Waals surface area contributed by atoms with E-state index in [1.165, 1.54) is 0 Å². The molecule has 1 amide bonds. The zero-order chi connectivity index (χ0) is 23.0. The molecule has 0 aliphatic heterocycles. The molecule has 4 rings (SSSR count). The Morgan fingerprint density at radius 3 is 2.55 bits per heavy atom. The van der Waals surface area contributed by atoms with Gasteiger partial charge in [0.25, 0.3) is 5.91 Å². The maximum absolute atomic E-state index is 12.8. The summed E-state index contributed by atoms with van der Waals surface area (Å²) in [5.41, 5.74) is 3.07. The summed E-state index contributed by atoms with van der Waals surface area (Å²) in [5.74, 6) is 2.43. The summed E-state index contributed by atoms with van der Waals surface area (Å²) in [6.07, 6.45) is 1.70. The Bertz CT molecular complexity index is 1250. The van der Waals surface area contributed by atoms with Crippen LogP contribution in [0.4, 0.5) is 11.5 Å². The van der Waals surface area contributed by atoms with E-state index in [9.17, 15) is 4.79 Å². The number of aromatic nitrogens is 2. The normalized spacial score (nSPS) is 10.4. The molecule has 166 valence electrons. The van der Waals surface area contributed by atoms with Crippen LogP contribution in [0.2, 0.25) is 0 Å². The summed E-state index contributed by atoms with van der Waals surface area (Å²) in [6.45, 7) is 0.329. The van der Waals surface area contributed by atoms with Crippen LogP contribution in [0, 0.1) is 0 Å². The molecule has 3 aromatic carbocycles. The summed E-state index contributed by atoms with van der Waals surface area (Å²) in [6, 6.07) is 24.3. The number of methoxy groups -OCH3 is 2. The number of nitrogens with zero attached hydrogens (tertiary/aromatic N) is 2. The van der Waals surface area contributed by atoms with Crippen LogP contribution in [-0.4, -0.2) is 30.1 Å². The quantitative estimate of drug-likeness (QED) is 0.408. The smallest absolute Gasteiger partial charge is 0.251 e. The first kappa shape index (κ1) is 21.8. The van der Waals surface area contributed by atoms with Crippen molar-refractivity contribution in [2.45, 2.75) is 6.54 Å². The third kappa shape index (κ3) is 5.46. The number of ether oxygens (including phenoxy) is 2. The van der Waals surface area contributed by atoms with Gasteiger partial charge in [-0.1, -0.05) is 36.4 Å². The number of carbonyl (C=O) groups is 1. The number of hydrogen-bond donors (Lipinski definition) is 2. The molecule has 0 atom stereocenters. The van der Waals surface area contributed by atoms with Gasteiger partial charge in [0, 0.05) is 41.2 Å². The van der Waals surface area contributed by atoms with Gasteiger partial charge >= 0.3 is 0 Å². The zero-order valence-corrected chi connectivity index (χ0v) is 18.4. The Morgan fingerprint density at radius 2 is 1.76 bits per heavy atom. The largest absolute Gasteiger partial charge is 0.497 e. The minimum absolute atomic E-state index is 0.191. The van der Waals surface area contributed by atoms with Gasteiger partial charge in [-0.05, 0) is 36.4 Å². The van der Waals surface area contributed by atoms with E-state index in [0.29, 0.717) is 35.2 Å². The van der Waals surface area contributed by atoms with E-state index in [-0.39, 0.29) is 5.91 Å². The summed E-state index contributed by atoms with van der Waals surface area (Å²) in [4.78, 5) is 21.7. The first-order chi connectivity index (χ1) is 16.2. The lowest BCUT2D eigenvalue weighted by Gasteiger charge is -2.12. The van der Waals surface area contributed by atoms with Crippen molar-refractivity contribution >= 4 is 17.4 Å². The van der Waals surface area contributed by atoms with Crippen LogP contribution < -0.4 is 20.1 Å². The molecule has 0 saturated carbocycles. The lowest BCUT2D eigenvalue weighted by Crippen LogP contribution is -2.23. The highest BCUT2D eigenvalue weighted by molar-refractivity contribution is 5.95. The molecule has 0 aliphatic rings. The van der Waals surface area contributed by atoms with Crippen molar-refractivity contribution in [3.63, 3.8) is 0 Å². The molecule has 0 spiro atoms. The molecule has 4 aromatic rings. The number of carbonyl (C=O) groups excluding carboxylic acids is 1. The highest BCUT2D eigenvalue weighted by Crippen LogP contribution is 2.25. The molecular weight excluding hydrogens is 416 g/mol. The van der Waals surface area contributed by atoms with E-state index in [1.54, 1.807) is 44.7 Å². The van der Waals surface area contributed by atoms with Crippen LogP contribution in [0.5, 0.6) is 11.5 Å². The maximum Gasteiger partial charge on any atom is 0.251 e. The number of hydrogen-bond acceptors (Lipinski definition) is 6. The number of amides is 1. The molecule has 7 heteroatoms. The first-order valence-electron chi connectivity index (χ1n) is 10.4. The van der Waals surface area contributed by atoms with Crippen molar-refractivity contribution in [1.82, 2.24) is 15.3 Å². The maximum atomic E-state index is 12.8. The lowest BCUT2D eigenvalue weighted by atomic mass is 10.1. The first-order valence-corrected chi connectivity index (χ1v) is 10.4. The van der Waals surface area contributed by atoms with E-state index in [0.717, 1.165) is 16.8 Å². The fourth-order valence-electron chi connectivity index (χ4n) is 3.32. The van der Waals surface area contributed by atoms with Crippen molar-refractivity contribution in [2.75, 3.05) is 19.5 Å². The number of anilines is 2. The van der Waals surface area contributed by atoms with Gasteiger partial charge in [0.05, 0.1) is 14.2 Å². The second-order valence-corrected chi connectivity index (χ2v) is 7.20. The van der Waals surface area contributed by atoms with Crippen LogP contribution in [0.3, 0.4) is 0 Å². The third-order valence-corrected chi connectivity index (χ3v) is 5.02. The van der Waals surface area contributed by atoms with Crippen LogP contribution in [-0.2, 0) is 6.54 Å². The van der Waals surface area contributed by atoms with Gasteiger partial charge in [0.1, 0.15) is 17.3 Å². The molecule has 0 saturated heterocycles. The predicted octanol–water partition coefficient (Wildman–Crippen LogP) is 4.83. The topological polar surface area (TPSA) is 85.4 Å². The zero-order valence-electron chi connectivity index (χ0n) is 18.4. The molecule has 7 nitrogen and oxygen atoms in total. The van der Waals surface area contributed by atoms with Gasteiger partial charge in [-0.2, -0.15) is 0 Å².